The number of piperazine rings is 1. The minimum Gasteiger partial charge on any atom is -0.381 e. The van der Waals surface area contributed by atoms with E-state index < -0.39 is 0 Å². The Bertz CT molecular complexity index is 626. The van der Waals surface area contributed by atoms with E-state index in [9.17, 15) is 4.79 Å². The van der Waals surface area contributed by atoms with Crippen LogP contribution in [0.3, 0.4) is 0 Å². The highest BCUT2D eigenvalue weighted by molar-refractivity contribution is 5.82. The molecule has 0 bridgehead atoms. The zero-order valence-corrected chi connectivity index (χ0v) is 14.7. The molecule has 1 saturated carbocycles. The fraction of sp³-hybridized carbons (Fsp3) is 0.722. The van der Waals surface area contributed by atoms with Gasteiger partial charge in [-0.1, -0.05) is 19.3 Å². The van der Waals surface area contributed by atoms with Gasteiger partial charge in [0.25, 0.3) is 0 Å². The molecular weight excluding hydrogens is 318 g/mol. The molecule has 136 valence electrons. The predicted octanol–water partition coefficient (Wildman–Crippen LogP) is 1.54. The molecule has 0 radical (unpaired) electrons. The Morgan fingerprint density at radius 3 is 2.68 bits per heavy atom. The monoisotopic (exact) mass is 345 g/mol. The van der Waals surface area contributed by atoms with E-state index in [-0.39, 0.29) is 17.8 Å². The Morgan fingerprint density at radius 1 is 1.12 bits per heavy atom. The van der Waals surface area contributed by atoms with Gasteiger partial charge in [0.15, 0.2) is 0 Å². The first-order valence-electron chi connectivity index (χ1n) is 9.47. The number of hydrogen-bond donors (Lipinski definition) is 1. The first-order valence-corrected chi connectivity index (χ1v) is 9.47. The third-order valence-electron chi connectivity index (χ3n) is 5.69. The van der Waals surface area contributed by atoms with E-state index in [1.54, 1.807) is 0 Å². The fourth-order valence-corrected chi connectivity index (χ4v) is 4.27. The van der Waals surface area contributed by atoms with Crippen molar-refractivity contribution in [3.8, 4) is 0 Å². The minimum absolute atomic E-state index is 0.209. The molecule has 4 rings (SSSR count). The molecule has 2 aliphatic heterocycles. The Hall–Kier alpha value is -1.89. The number of nitrogen functional groups attached to an aromatic ring is 1. The molecule has 1 aromatic heterocycles. The Balaban J connectivity index is 1.47. The molecule has 3 aliphatic rings. The van der Waals surface area contributed by atoms with Gasteiger partial charge >= 0.3 is 0 Å². The average Bonchev–Trinajstić information content (AvgIpc) is 3.16. The van der Waals surface area contributed by atoms with Gasteiger partial charge in [0.1, 0.15) is 5.82 Å². The van der Waals surface area contributed by atoms with Gasteiger partial charge in [0.2, 0.25) is 11.9 Å². The van der Waals surface area contributed by atoms with E-state index in [2.05, 4.69) is 14.9 Å². The number of rotatable bonds is 3. The molecule has 7 nitrogen and oxygen atoms in total. The summed E-state index contributed by atoms with van der Waals surface area (Å²) in [6, 6.07) is 2.42. The van der Waals surface area contributed by atoms with E-state index in [1.165, 1.54) is 19.3 Å². The number of nitrogens with two attached hydrogens (primary N) is 1. The normalized spacial score (nSPS) is 25.6. The summed E-state index contributed by atoms with van der Waals surface area (Å²) in [7, 11) is 0. The molecule has 1 amide bonds. The number of aromatic nitrogens is 2. The number of nitrogens with zero attached hydrogens (tertiary/aromatic N) is 4. The van der Waals surface area contributed by atoms with Gasteiger partial charge in [-0.25, -0.2) is 4.98 Å². The molecule has 3 heterocycles. The molecule has 1 unspecified atom stereocenters. The van der Waals surface area contributed by atoms with Crippen LogP contribution in [-0.2, 0) is 9.53 Å². The summed E-state index contributed by atoms with van der Waals surface area (Å²) in [6.45, 7) is 3.41. The number of amides is 1. The largest absolute Gasteiger partial charge is 0.381 e. The van der Waals surface area contributed by atoms with Crippen molar-refractivity contribution in [2.75, 3.05) is 43.5 Å². The summed E-state index contributed by atoms with van der Waals surface area (Å²) in [4.78, 5) is 25.6. The highest BCUT2D eigenvalue weighted by Gasteiger charge is 2.31. The van der Waals surface area contributed by atoms with Gasteiger partial charge in [0.05, 0.1) is 18.8 Å². The van der Waals surface area contributed by atoms with Crippen LogP contribution in [0, 0.1) is 0 Å². The second-order valence-electron chi connectivity index (χ2n) is 7.37. The summed E-state index contributed by atoms with van der Waals surface area (Å²) in [6.07, 6.45) is 7.06. The zero-order valence-electron chi connectivity index (χ0n) is 14.7. The van der Waals surface area contributed by atoms with E-state index in [0.29, 0.717) is 19.2 Å². The van der Waals surface area contributed by atoms with Crippen LogP contribution < -0.4 is 10.6 Å². The van der Waals surface area contributed by atoms with Crippen LogP contribution >= 0.6 is 0 Å². The van der Waals surface area contributed by atoms with Crippen LogP contribution in [0.4, 0.5) is 11.8 Å². The first-order chi connectivity index (χ1) is 12.2. The van der Waals surface area contributed by atoms with Crippen molar-refractivity contribution in [3.05, 3.63) is 11.8 Å². The third kappa shape index (κ3) is 3.56. The highest BCUT2D eigenvalue weighted by Crippen LogP contribution is 2.28. The lowest BCUT2D eigenvalue weighted by molar-refractivity contribution is -0.134. The standard InChI is InChI=1S/C18H27N5O2/c19-18-20-15(13-6-9-25-12-13)10-16(21-18)22-7-8-23(17(24)11-22)14-4-2-1-3-5-14/h10,13-14H,1-9,11-12H2,(H2,19,20,21). The molecular formula is C18H27N5O2. The third-order valence-corrected chi connectivity index (χ3v) is 5.69. The first kappa shape index (κ1) is 16.6. The molecule has 1 aliphatic carbocycles. The molecule has 3 fully saturated rings. The molecule has 7 heteroatoms. The van der Waals surface area contributed by atoms with Crippen molar-refractivity contribution in [1.82, 2.24) is 14.9 Å². The molecule has 0 aromatic carbocycles. The topological polar surface area (TPSA) is 84.6 Å². The minimum atomic E-state index is 0.209. The second kappa shape index (κ2) is 7.15. The van der Waals surface area contributed by atoms with Crippen LogP contribution in [0.25, 0.3) is 0 Å². The van der Waals surface area contributed by atoms with Crippen LogP contribution in [0.1, 0.15) is 50.1 Å². The van der Waals surface area contributed by atoms with E-state index in [0.717, 1.165) is 50.5 Å². The smallest absolute Gasteiger partial charge is 0.242 e. The van der Waals surface area contributed by atoms with Gasteiger partial charge in [-0.2, -0.15) is 4.98 Å². The summed E-state index contributed by atoms with van der Waals surface area (Å²) in [5.41, 5.74) is 6.86. The van der Waals surface area contributed by atoms with Crippen molar-refractivity contribution in [2.45, 2.75) is 50.5 Å². The highest BCUT2D eigenvalue weighted by atomic mass is 16.5. The summed E-state index contributed by atoms with van der Waals surface area (Å²) in [5, 5.41) is 0. The van der Waals surface area contributed by atoms with Crippen LogP contribution in [0.15, 0.2) is 6.07 Å². The van der Waals surface area contributed by atoms with Crippen molar-refractivity contribution >= 4 is 17.7 Å². The maximum atomic E-state index is 12.7. The lowest BCUT2D eigenvalue weighted by Gasteiger charge is -2.41. The lowest BCUT2D eigenvalue weighted by atomic mass is 9.93. The average molecular weight is 345 g/mol. The number of carbonyl (C=O) groups excluding carboxylic acids is 1. The molecule has 1 aromatic rings. The fourth-order valence-electron chi connectivity index (χ4n) is 4.27. The number of ether oxygens (including phenoxy) is 1. The van der Waals surface area contributed by atoms with Crippen molar-refractivity contribution < 1.29 is 9.53 Å². The summed E-state index contributed by atoms with van der Waals surface area (Å²) >= 11 is 0. The van der Waals surface area contributed by atoms with Gasteiger partial charge in [0, 0.05) is 37.7 Å². The van der Waals surface area contributed by atoms with Gasteiger partial charge in [-0.3, -0.25) is 4.79 Å². The predicted molar refractivity (Wildman–Crippen MR) is 95.4 cm³/mol. The molecule has 0 spiro atoms. The van der Waals surface area contributed by atoms with Crippen LogP contribution in [0.5, 0.6) is 0 Å². The SMILES string of the molecule is Nc1nc(C2CCOC2)cc(N2CCN(C3CCCCC3)C(=O)C2)n1. The van der Waals surface area contributed by atoms with Crippen molar-refractivity contribution in [1.29, 1.82) is 0 Å². The Kier molecular flexibility index (Phi) is 4.74. The number of anilines is 2. The van der Waals surface area contributed by atoms with Gasteiger partial charge in [-0.15, -0.1) is 0 Å². The Labute approximate surface area is 148 Å². The number of hydrogen-bond acceptors (Lipinski definition) is 6. The van der Waals surface area contributed by atoms with Crippen LogP contribution in [0.2, 0.25) is 0 Å². The van der Waals surface area contributed by atoms with Crippen molar-refractivity contribution in [2.24, 2.45) is 0 Å². The van der Waals surface area contributed by atoms with Gasteiger partial charge < -0.3 is 20.3 Å². The van der Waals surface area contributed by atoms with Gasteiger partial charge in [-0.05, 0) is 19.3 Å². The lowest BCUT2D eigenvalue weighted by Crippen LogP contribution is -2.54. The number of carbonyl (C=O) groups is 1. The van der Waals surface area contributed by atoms with Crippen molar-refractivity contribution in [3.63, 3.8) is 0 Å². The zero-order chi connectivity index (χ0) is 17.2. The molecule has 2 N–H and O–H groups in total. The summed E-state index contributed by atoms with van der Waals surface area (Å²) < 4.78 is 5.46. The van der Waals surface area contributed by atoms with Crippen LogP contribution in [-0.4, -0.2) is 59.7 Å². The maximum absolute atomic E-state index is 12.7. The quantitative estimate of drug-likeness (QED) is 0.895. The molecule has 2 saturated heterocycles. The summed E-state index contributed by atoms with van der Waals surface area (Å²) in [5.74, 6) is 1.54. The van der Waals surface area contributed by atoms with E-state index >= 15 is 0 Å². The second-order valence-corrected chi connectivity index (χ2v) is 7.37. The maximum Gasteiger partial charge on any atom is 0.242 e. The Morgan fingerprint density at radius 2 is 1.96 bits per heavy atom. The molecule has 25 heavy (non-hydrogen) atoms. The van der Waals surface area contributed by atoms with E-state index in [4.69, 9.17) is 10.5 Å². The molecule has 1 atom stereocenters. The van der Waals surface area contributed by atoms with E-state index in [1.807, 2.05) is 11.0 Å².